The van der Waals surface area contributed by atoms with Gasteiger partial charge in [0.2, 0.25) is 0 Å². The fraction of sp³-hybridized carbons (Fsp3) is 0.440. The number of rotatable bonds is 6. The second kappa shape index (κ2) is 8.58. The molecule has 0 spiro atoms. The van der Waals surface area contributed by atoms with E-state index in [9.17, 15) is 13.2 Å². The summed E-state index contributed by atoms with van der Waals surface area (Å²) in [4.78, 5) is 2.30. The number of alkyl halides is 3. The lowest BCUT2D eigenvalue weighted by Crippen LogP contribution is -2.30. The van der Waals surface area contributed by atoms with Gasteiger partial charge in [0, 0.05) is 31.6 Å². The molecule has 0 aliphatic carbocycles. The quantitative estimate of drug-likeness (QED) is 0.526. The van der Waals surface area contributed by atoms with Crippen LogP contribution in [-0.4, -0.2) is 36.7 Å². The average molecular weight is 431 g/mol. The van der Waals surface area contributed by atoms with E-state index in [0.29, 0.717) is 12.2 Å². The van der Waals surface area contributed by atoms with Gasteiger partial charge < -0.3 is 9.47 Å². The molecule has 2 aliphatic heterocycles. The Hall–Kier alpha value is -2.47. The lowest BCUT2D eigenvalue weighted by Gasteiger charge is -2.26. The Morgan fingerprint density at radius 1 is 1.13 bits per heavy atom. The van der Waals surface area contributed by atoms with E-state index in [1.807, 2.05) is 18.2 Å². The number of halogens is 3. The minimum Gasteiger partial charge on any atom is -0.490 e. The Labute approximate surface area is 181 Å². The number of nitrogens with zero attached hydrogens (tertiary/aromatic N) is 1. The average Bonchev–Trinajstić information content (AvgIpc) is 3.06. The maximum Gasteiger partial charge on any atom is 0.416 e. The summed E-state index contributed by atoms with van der Waals surface area (Å²) in [6, 6.07) is 11.6. The molecule has 0 bridgehead atoms. The lowest BCUT2D eigenvalue weighted by molar-refractivity contribution is -0.137. The molecular formula is C25H28F3NO2. The Morgan fingerprint density at radius 2 is 1.94 bits per heavy atom. The Kier molecular flexibility index (Phi) is 6.02. The first-order valence-corrected chi connectivity index (χ1v) is 10.7. The van der Waals surface area contributed by atoms with Gasteiger partial charge in [-0.1, -0.05) is 30.3 Å². The van der Waals surface area contributed by atoms with Crippen LogP contribution in [0.3, 0.4) is 0 Å². The standard InChI is InChI=1S/C25H28F3NO2/c1-24(2)17-20-7-4-9-22(23(20)31-24)30-15-5-12-29-13-10-18(11-14-29)19-6-3-8-21(16-19)25(26,27)28/h3-4,6-10,16H,5,11-15,17H2,1-2H3. The Morgan fingerprint density at radius 3 is 2.68 bits per heavy atom. The zero-order valence-corrected chi connectivity index (χ0v) is 18.0. The highest BCUT2D eigenvalue weighted by Crippen LogP contribution is 2.41. The maximum atomic E-state index is 13.0. The topological polar surface area (TPSA) is 21.7 Å². The summed E-state index contributed by atoms with van der Waals surface area (Å²) in [5.74, 6) is 1.66. The summed E-state index contributed by atoms with van der Waals surface area (Å²) in [7, 11) is 0. The molecule has 0 radical (unpaired) electrons. The van der Waals surface area contributed by atoms with Crippen LogP contribution in [0, 0.1) is 0 Å². The number of hydrogen-bond acceptors (Lipinski definition) is 3. The molecule has 2 heterocycles. The molecule has 0 N–H and O–H groups in total. The van der Waals surface area contributed by atoms with Gasteiger partial charge in [0.15, 0.2) is 11.5 Å². The number of ether oxygens (including phenoxy) is 2. The van der Waals surface area contributed by atoms with Crippen molar-refractivity contribution in [3.63, 3.8) is 0 Å². The molecule has 2 aromatic rings. The highest BCUT2D eigenvalue weighted by atomic mass is 19.4. The van der Waals surface area contributed by atoms with Crippen LogP contribution < -0.4 is 9.47 Å². The van der Waals surface area contributed by atoms with Crippen LogP contribution in [0.5, 0.6) is 11.5 Å². The third-order valence-electron chi connectivity index (χ3n) is 5.79. The summed E-state index contributed by atoms with van der Waals surface area (Å²) in [5.41, 5.74) is 2.05. The van der Waals surface area contributed by atoms with Crippen molar-refractivity contribution >= 4 is 5.57 Å². The van der Waals surface area contributed by atoms with Gasteiger partial charge in [-0.2, -0.15) is 13.2 Å². The minimum absolute atomic E-state index is 0.195. The van der Waals surface area contributed by atoms with E-state index in [2.05, 4.69) is 24.8 Å². The number of benzene rings is 2. The second-order valence-corrected chi connectivity index (χ2v) is 8.84. The van der Waals surface area contributed by atoms with Crippen LogP contribution in [-0.2, 0) is 12.6 Å². The molecule has 2 aromatic carbocycles. The van der Waals surface area contributed by atoms with Crippen molar-refractivity contribution in [3.05, 3.63) is 65.2 Å². The smallest absolute Gasteiger partial charge is 0.416 e. The predicted octanol–water partition coefficient (Wildman–Crippen LogP) is 5.98. The molecule has 0 fully saturated rings. The van der Waals surface area contributed by atoms with E-state index >= 15 is 0 Å². The molecule has 0 saturated heterocycles. The van der Waals surface area contributed by atoms with Crippen molar-refractivity contribution in [1.29, 1.82) is 0 Å². The molecule has 2 aliphatic rings. The first kappa shape index (κ1) is 21.8. The van der Waals surface area contributed by atoms with Gasteiger partial charge in [0.1, 0.15) is 5.60 Å². The van der Waals surface area contributed by atoms with Crippen molar-refractivity contribution < 1.29 is 22.6 Å². The summed E-state index contributed by atoms with van der Waals surface area (Å²) < 4.78 is 50.9. The SMILES string of the molecule is CC1(C)Cc2cccc(OCCCN3CC=C(c4cccc(C(F)(F)F)c4)CC3)c2O1. The highest BCUT2D eigenvalue weighted by molar-refractivity contribution is 5.67. The van der Waals surface area contributed by atoms with Gasteiger partial charge in [-0.3, -0.25) is 4.90 Å². The van der Waals surface area contributed by atoms with Crippen LogP contribution in [0.15, 0.2) is 48.5 Å². The number of hydrogen-bond donors (Lipinski definition) is 0. The molecule has 0 unspecified atom stereocenters. The Balaban J connectivity index is 1.26. The van der Waals surface area contributed by atoms with Gasteiger partial charge in [-0.15, -0.1) is 0 Å². The van der Waals surface area contributed by atoms with Crippen LogP contribution in [0.2, 0.25) is 0 Å². The van der Waals surface area contributed by atoms with Gasteiger partial charge in [-0.05, 0) is 56.0 Å². The molecule has 3 nitrogen and oxygen atoms in total. The lowest BCUT2D eigenvalue weighted by atomic mass is 9.97. The van der Waals surface area contributed by atoms with Gasteiger partial charge in [0.25, 0.3) is 0 Å². The zero-order chi connectivity index (χ0) is 22.1. The van der Waals surface area contributed by atoms with Crippen LogP contribution >= 0.6 is 0 Å². The van der Waals surface area contributed by atoms with Crippen molar-refractivity contribution in [2.45, 2.75) is 44.9 Å². The monoisotopic (exact) mass is 431 g/mol. The molecule has 166 valence electrons. The van der Waals surface area contributed by atoms with E-state index in [1.165, 1.54) is 17.7 Å². The van der Waals surface area contributed by atoms with Crippen LogP contribution in [0.4, 0.5) is 13.2 Å². The maximum absolute atomic E-state index is 13.0. The second-order valence-electron chi connectivity index (χ2n) is 8.84. The molecule has 0 saturated carbocycles. The zero-order valence-electron chi connectivity index (χ0n) is 18.0. The predicted molar refractivity (Wildman–Crippen MR) is 115 cm³/mol. The van der Waals surface area contributed by atoms with E-state index in [0.717, 1.165) is 62.0 Å². The van der Waals surface area contributed by atoms with Crippen LogP contribution in [0.25, 0.3) is 5.57 Å². The minimum atomic E-state index is -4.31. The molecule has 6 heteroatoms. The third kappa shape index (κ3) is 5.24. The fourth-order valence-electron chi connectivity index (χ4n) is 4.24. The van der Waals surface area contributed by atoms with E-state index in [1.54, 1.807) is 6.07 Å². The molecule has 31 heavy (non-hydrogen) atoms. The van der Waals surface area contributed by atoms with Crippen molar-refractivity contribution in [1.82, 2.24) is 4.90 Å². The van der Waals surface area contributed by atoms with E-state index in [4.69, 9.17) is 9.47 Å². The normalized spacial score (nSPS) is 18.3. The van der Waals surface area contributed by atoms with Crippen molar-refractivity contribution in [3.8, 4) is 11.5 Å². The summed E-state index contributed by atoms with van der Waals surface area (Å²) in [6.45, 7) is 7.21. The first-order valence-electron chi connectivity index (χ1n) is 10.7. The molecule has 0 atom stereocenters. The van der Waals surface area contributed by atoms with Crippen LogP contribution in [0.1, 0.15) is 43.4 Å². The summed E-state index contributed by atoms with van der Waals surface area (Å²) in [5, 5.41) is 0. The van der Waals surface area contributed by atoms with E-state index < -0.39 is 11.7 Å². The number of fused-ring (bicyclic) bond motifs is 1. The molecule has 0 aromatic heterocycles. The summed E-state index contributed by atoms with van der Waals surface area (Å²) >= 11 is 0. The first-order chi connectivity index (χ1) is 14.7. The molecule has 4 rings (SSSR count). The third-order valence-corrected chi connectivity index (χ3v) is 5.79. The van der Waals surface area contributed by atoms with E-state index in [-0.39, 0.29) is 5.60 Å². The fourth-order valence-corrected chi connectivity index (χ4v) is 4.24. The molecule has 0 amide bonds. The largest absolute Gasteiger partial charge is 0.490 e. The van der Waals surface area contributed by atoms with Crippen molar-refractivity contribution in [2.75, 3.05) is 26.2 Å². The van der Waals surface area contributed by atoms with Crippen molar-refractivity contribution in [2.24, 2.45) is 0 Å². The molecular weight excluding hydrogens is 403 g/mol. The highest BCUT2D eigenvalue weighted by Gasteiger charge is 2.32. The Bertz CT molecular complexity index is 965. The van der Waals surface area contributed by atoms with Gasteiger partial charge in [-0.25, -0.2) is 0 Å². The van der Waals surface area contributed by atoms with Gasteiger partial charge >= 0.3 is 6.18 Å². The number of para-hydroxylation sites is 1. The van der Waals surface area contributed by atoms with Gasteiger partial charge in [0.05, 0.1) is 12.2 Å². The summed E-state index contributed by atoms with van der Waals surface area (Å²) in [6.07, 6.45) is 0.238.